The van der Waals surface area contributed by atoms with E-state index in [2.05, 4.69) is 38.2 Å². The highest BCUT2D eigenvalue weighted by Crippen LogP contribution is 2.23. The molecule has 19 heavy (non-hydrogen) atoms. The SMILES string of the molecule is COCCNCC(Cc1ccc(C)cc1Cl)C(C)C. The highest BCUT2D eigenvalue weighted by Gasteiger charge is 2.15. The van der Waals surface area contributed by atoms with Crippen molar-refractivity contribution in [2.75, 3.05) is 26.8 Å². The molecule has 0 fully saturated rings. The second-order valence-electron chi connectivity index (χ2n) is 5.50. The van der Waals surface area contributed by atoms with Crippen molar-refractivity contribution in [2.24, 2.45) is 11.8 Å². The zero-order chi connectivity index (χ0) is 14.3. The van der Waals surface area contributed by atoms with Crippen molar-refractivity contribution < 1.29 is 4.74 Å². The average Bonchev–Trinajstić information content (AvgIpc) is 2.35. The van der Waals surface area contributed by atoms with Gasteiger partial charge in [0.05, 0.1) is 6.61 Å². The van der Waals surface area contributed by atoms with Gasteiger partial charge in [-0.2, -0.15) is 0 Å². The molecule has 0 aliphatic heterocycles. The first kappa shape index (κ1) is 16.5. The van der Waals surface area contributed by atoms with Crippen LogP contribution in [0.25, 0.3) is 0 Å². The largest absolute Gasteiger partial charge is 0.383 e. The Morgan fingerprint density at radius 1 is 1.32 bits per heavy atom. The summed E-state index contributed by atoms with van der Waals surface area (Å²) in [6.07, 6.45) is 1.02. The second kappa shape index (κ2) is 8.57. The first-order valence-corrected chi connectivity index (χ1v) is 7.37. The number of nitrogens with one attached hydrogen (secondary N) is 1. The lowest BCUT2D eigenvalue weighted by Crippen LogP contribution is -2.30. The Morgan fingerprint density at radius 2 is 2.05 bits per heavy atom. The van der Waals surface area contributed by atoms with Crippen LogP contribution in [0.5, 0.6) is 0 Å². The van der Waals surface area contributed by atoms with Gasteiger partial charge < -0.3 is 10.1 Å². The summed E-state index contributed by atoms with van der Waals surface area (Å²) < 4.78 is 5.05. The monoisotopic (exact) mass is 283 g/mol. The maximum absolute atomic E-state index is 6.32. The first-order chi connectivity index (χ1) is 9.04. The van der Waals surface area contributed by atoms with Crippen LogP contribution < -0.4 is 5.32 Å². The summed E-state index contributed by atoms with van der Waals surface area (Å²) in [6.45, 7) is 9.28. The van der Waals surface area contributed by atoms with E-state index >= 15 is 0 Å². The van der Waals surface area contributed by atoms with E-state index in [0.717, 1.165) is 31.1 Å². The number of rotatable bonds is 8. The molecule has 1 atom stereocenters. The molecule has 2 nitrogen and oxygen atoms in total. The number of aryl methyl sites for hydroxylation is 1. The Balaban J connectivity index is 2.57. The molecule has 0 spiro atoms. The van der Waals surface area contributed by atoms with Crippen molar-refractivity contribution in [1.82, 2.24) is 5.32 Å². The molecule has 0 aliphatic carbocycles. The average molecular weight is 284 g/mol. The molecule has 0 radical (unpaired) electrons. The molecule has 0 heterocycles. The van der Waals surface area contributed by atoms with Gasteiger partial charge in [0.25, 0.3) is 0 Å². The molecule has 0 aromatic heterocycles. The molecule has 1 unspecified atom stereocenters. The van der Waals surface area contributed by atoms with E-state index in [1.807, 2.05) is 6.07 Å². The minimum absolute atomic E-state index is 0.595. The van der Waals surface area contributed by atoms with Crippen LogP contribution in [0.15, 0.2) is 18.2 Å². The van der Waals surface area contributed by atoms with Crippen LogP contribution in [-0.4, -0.2) is 26.8 Å². The summed E-state index contributed by atoms with van der Waals surface area (Å²) in [4.78, 5) is 0. The number of hydrogen-bond donors (Lipinski definition) is 1. The van der Waals surface area contributed by atoms with Crippen molar-refractivity contribution in [3.05, 3.63) is 34.3 Å². The molecular formula is C16H26ClNO. The third kappa shape index (κ3) is 5.94. The molecule has 0 aliphatic rings. The molecule has 1 aromatic carbocycles. The minimum Gasteiger partial charge on any atom is -0.383 e. The third-order valence-corrected chi connectivity index (χ3v) is 3.87. The molecule has 0 amide bonds. The number of ether oxygens (including phenoxy) is 1. The van der Waals surface area contributed by atoms with Crippen LogP contribution in [0.3, 0.4) is 0 Å². The van der Waals surface area contributed by atoms with Crippen molar-refractivity contribution in [3.8, 4) is 0 Å². The summed E-state index contributed by atoms with van der Waals surface area (Å²) in [7, 11) is 1.73. The standard InChI is InChI=1S/C16H26ClNO/c1-12(2)15(11-18-7-8-19-4)10-14-6-5-13(3)9-16(14)17/h5-6,9,12,15,18H,7-8,10-11H2,1-4H3. The van der Waals surface area contributed by atoms with Crippen molar-refractivity contribution in [1.29, 1.82) is 0 Å². The fraction of sp³-hybridized carbons (Fsp3) is 0.625. The van der Waals surface area contributed by atoms with Gasteiger partial charge in [0.15, 0.2) is 0 Å². The molecule has 3 heteroatoms. The third-order valence-electron chi connectivity index (χ3n) is 3.52. The van der Waals surface area contributed by atoms with E-state index < -0.39 is 0 Å². The predicted octanol–water partition coefficient (Wildman–Crippen LogP) is 3.70. The Hall–Kier alpha value is -0.570. The van der Waals surface area contributed by atoms with Crippen molar-refractivity contribution >= 4 is 11.6 Å². The lowest BCUT2D eigenvalue weighted by molar-refractivity contribution is 0.196. The Morgan fingerprint density at radius 3 is 2.63 bits per heavy atom. The Kier molecular flexibility index (Phi) is 7.44. The highest BCUT2D eigenvalue weighted by molar-refractivity contribution is 6.31. The second-order valence-corrected chi connectivity index (χ2v) is 5.91. The lowest BCUT2D eigenvalue weighted by atomic mass is 9.89. The molecule has 0 saturated carbocycles. The van der Waals surface area contributed by atoms with Crippen LogP contribution in [0.2, 0.25) is 5.02 Å². The van der Waals surface area contributed by atoms with E-state index in [1.54, 1.807) is 7.11 Å². The smallest absolute Gasteiger partial charge is 0.0587 e. The van der Waals surface area contributed by atoms with Gasteiger partial charge in [0, 0.05) is 18.7 Å². The molecular weight excluding hydrogens is 258 g/mol. The zero-order valence-corrected chi connectivity index (χ0v) is 13.3. The number of methoxy groups -OCH3 is 1. The van der Waals surface area contributed by atoms with Crippen LogP contribution in [0, 0.1) is 18.8 Å². The highest BCUT2D eigenvalue weighted by atomic mass is 35.5. The number of hydrogen-bond acceptors (Lipinski definition) is 2. The molecule has 0 bridgehead atoms. The van der Waals surface area contributed by atoms with Gasteiger partial charge in [-0.25, -0.2) is 0 Å². The maximum atomic E-state index is 6.32. The van der Waals surface area contributed by atoms with E-state index in [0.29, 0.717) is 11.8 Å². The summed E-state index contributed by atoms with van der Waals surface area (Å²) in [5, 5.41) is 4.34. The van der Waals surface area contributed by atoms with Gasteiger partial charge in [-0.15, -0.1) is 0 Å². The lowest BCUT2D eigenvalue weighted by Gasteiger charge is -2.22. The minimum atomic E-state index is 0.595. The van der Waals surface area contributed by atoms with Crippen molar-refractivity contribution in [2.45, 2.75) is 27.2 Å². The van der Waals surface area contributed by atoms with E-state index in [1.165, 1.54) is 11.1 Å². The molecule has 108 valence electrons. The fourth-order valence-corrected chi connectivity index (χ4v) is 2.42. The van der Waals surface area contributed by atoms with Gasteiger partial charge in [0.1, 0.15) is 0 Å². The molecule has 1 N–H and O–H groups in total. The van der Waals surface area contributed by atoms with E-state index in [4.69, 9.17) is 16.3 Å². The number of halogens is 1. The number of benzene rings is 1. The first-order valence-electron chi connectivity index (χ1n) is 6.99. The summed E-state index contributed by atoms with van der Waals surface area (Å²) in [5.74, 6) is 1.23. The molecule has 1 aromatic rings. The van der Waals surface area contributed by atoms with Crippen LogP contribution in [0.4, 0.5) is 0 Å². The van der Waals surface area contributed by atoms with Crippen LogP contribution in [0.1, 0.15) is 25.0 Å². The van der Waals surface area contributed by atoms with Gasteiger partial charge in [-0.1, -0.05) is 37.6 Å². The predicted molar refractivity (Wildman–Crippen MR) is 83.0 cm³/mol. The van der Waals surface area contributed by atoms with Gasteiger partial charge in [-0.3, -0.25) is 0 Å². The summed E-state index contributed by atoms with van der Waals surface area (Å²) >= 11 is 6.32. The topological polar surface area (TPSA) is 21.3 Å². The quantitative estimate of drug-likeness (QED) is 0.735. The fourth-order valence-electron chi connectivity index (χ4n) is 2.11. The van der Waals surface area contributed by atoms with Crippen LogP contribution in [-0.2, 0) is 11.2 Å². The summed E-state index contributed by atoms with van der Waals surface area (Å²) in [6, 6.07) is 6.34. The van der Waals surface area contributed by atoms with Crippen molar-refractivity contribution in [3.63, 3.8) is 0 Å². The van der Waals surface area contributed by atoms with Gasteiger partial charge >= 0.3 is 0 Å². The normalized spacial score (nSPS) is 12.9. The summed E-state index contributed by atoms with van der Waals surface area (Å²) in [5.41, 5.74) is 2.47. The Labute approximate surface area is 122 Å². The molecule has 1 rings (SSSR count). The van der Waals surface area contributed by atoms with Crippen LogP contribution >= 0.6 is 11.6 Å². The van der Waals surface area contributed by atoms with E-state index in [9.17, 15) is 0 Å². The van der Waals surface area contributed by atoms with Gasteiger partial charge in [-0.05, 0) is 48.9 Å². The zero-order valence-electron chi connectivity index (χ0n) is 12.5. The maximum Gasteiger partial charge on any atom is 0.0587 e. The molecule has 0 saturated heterocycles. The van der Waals surface area contributed by atoms with E-state index in [-0.39, 0.29) is 0 Å². The Bertz CT molecular complexity index is 379. The van der Waals surface area contributed by atoms with Gasteiger partial charge in [0.2, 0.25) is 0 Å².